The van der Waals surface area contributed by atoms with Gasteiger partial charge in [0, 0.05) is 24.3 Å². The second kappa shape index (κ2) is 6.48. The van der Waals surface area contributed by atoms with E-state index in [1.54, 1.807) is 6.20 Å². The first-order valence-electron chi connectivity index (χ1n) is 6.76. The van der Waals surface area contributed by atoms with Gasteiger partial charge in [-0.05, 0) is 43.2 Å². The van der Waals surface area contributed by atoms with Gasteiger partial charge in [-0.3, -0.25) is 4.98 Å². The summed E-state index contributed by atoms with van der Waals surface area (Å²) >= 11 is 0. The van der Waals surface area contributed by atoms with Crippen molar-refractivity contribution in [2.45, 2.75) is 32.9 Å². The predicted octanol–water partition coefficient (Wildman–Crippen LogP) is 3.34. The van der Waals surface area contributed by atoms with Crippen molar-refractivity contribution in [1.29, 1.82) is 0 Å². The SMILES string of the molecule is CCc1cccnc1CNC(C)c1cc(F)ccc1O. The molecule has 0 saturated heterocycles. The zero-order valence-corrected chi connectivity index (χ0v) is 11.7. The number of rotatable bonds is 5. The van der Waals surface area contributed by atoms with Crippen molar-refractivity contribution in [2.75, 3.05) is 0 Å². The van der Waals surface area contributed by atoms with Gasteiger partial charge in [0.05, 0.1) is 5.69 Å². The number of hydrogen-bond donors (Lipinski definition) is 2. The fourth-order valence-corrected chi connectivity index (χ4v) is 2.18. The van der Waals surface area contributed by atoms with Gasteiger partial charge in [-0.1, -0.05) is 13.0 Å². The lowest BCUT2D eigenvalue weighted by molar-refractivity contribution is 0.448. The first kappa shape index (κ1) is 14.5. The highest BCUT2D eigenvalue weighted by molar-refractivity contribution is 5.35. The largest absolute Gasteiger partial charge is 0.508 e. The van der Waals surface area contributed by atoms with Gasteiger partial charge in [-0.2, -0.15) is 0 Å². The molecule has 2 N–H and O–H groups in total. The molecule has 0 bridgehead atoms. The molecule has 1 unspecified atom stereocenters. The third-order valence-electron chi connectivity index (χ3n) is 3.40. The van der Waals surface area contributed by atoms with Crippen LogP contribution in [0.15, 0.2) is 36.5 Å². The molecule has 3 nitrogen and oxygen atoms in total. The molecule has 0 spiro atoms. The molecular weight excluding hydrogens is 255 g/mol. The van der Waals surface area contributed by atoms with Crippen LogP contribution in [0.1, 0.15) is 36.7 Å². The van der Waals surface area contributed by atoms with Crippen LogP contribution in [0.4, 0.5) is 4.39 Å². The molecule has 1 atom stereocenters. The van der Waals surface area contributed by atoms with E-state index in [2.05, 4.69) is 17.2 Å². The number of nitrogens with one attached hydrogen (secondary N) is 1. The van der Waals surface area contributed by atoms with Gasteiger partial charge in [0.2, 0.25) is 0 Å². The molecule has 0 saturated carbocycles. The minimum absolute atomic E-state index is 0.100. The molecule has 2 aromatic rings. The summed E-state index contributed by atoms with van der Waals surface area (Å²) < 4.78 is 13.2. The van der Waals surface area contributed by atoms with Crippen LogP contribution in [-0.2, 0) is 13.0 Å². The highest BCUT2D eigenvalue weighted by Crippen LogP contribution is 2.25. The maximum atomic E-state index is 13.2. The molecule has 1 aromatic carbocycles. The average Bonchev–Trinajstić information content (AvgIpc) is 2.47. The standard InChI is InChI=1S/C16H19FN2O/c1-3-12-5-4-8-18-15(12)10-19-11(2)14-9-13(17)6-7-16(14)20/h4-9,11,19-20H,3,10H2,1-2H3. The summed E-state index contributed by atoms with van der Waals surface area (Å²) in [4.78, 5) is 4.36. The maximum Gasteiger partial charge on any atom is 0.123 e. The topological polar surface area (TPSA) is 45.2 Å². The second-order valence-corrected chi connectivity index (χ2v) is 4.77. The number of pyridine rings is 1. The van der Waals surface area contributed by atoms with Crippen molar-refractivity contribution >= 4 is 0 Å². The second-order valence-electron chi connectivity index (χ2n) is 4.77. The summed E-state index contributed by atoms with van der Waals surface area (Å²) in [5, 5.41) is 13.0. The van der Waals surface area contributed by atoms with Gasteiger partial charge in [0.15, 0.2) is 0 Å². The first-order chi connectivity index (χ1) is 9.61. The van der Waals surface area contributed by atoms with Crippen molar-refractivity contribution in [3.63, 3.8) is 0 Å². The molecule has 4 heteroatoms. The molecule has 0 aliphatic heterocycles. The van der Waals surface area contributed by atoms with E-state index < -0.39 is 0 Å². The smallest absolute Gasteiger partial charge is 0.123 e. The molecule has 20 heavy (non-hydrogen) atoms. The van der Waals surface area contributed by atoms with E-state index in [0.29, 0.717) is 12.1 Å². The summed E-state index contributed by atoms with van der Waals surface area (Å²) in [6, 6.07) is 7.79. The monoisotopic (exact) mass is 274 g/mol. The van der Waals surface area contributed by atoms with Gasteiger partial charge < -0.3 is 10.4 Å². The molecule has 2 rings (SSSR count). The minimum Gasteiger partial charge on any atom is -0.508 e. The quantitative estimate of drug-likeness (QED) is 0.879. The van der Waals surface area contributed by atoms with Crippen molar-refractivity contribution in [3.8, 4) is 5.75 Å². The summed E-state index contributed by atoms with van der Waals surface area (Å²) in [5.74, 6) is -0.248. The van der Waals surface area contributed by atoms with E-state index in [9.17, 15) is 9.50 Å². The summed E-state index contributed by atoms with van der Waals surface area (Å²) in [5.41, 5.74) is 2.73. The van der Waals surface area contributed by atoms with E-state index in [0.717, 1.165) is 12.1 Å². The number of phenols is 1. The fourth-order valence-electron chi connectivity index (χ4n) is 2.18. The Bertz CT molecular complexity index is 586. The number of phenolic OH excluding ortho intramolecular Hbond substituents is 1. The fraction of sp³-hybridized carbons (Fsp3) is 0.312. The van der Waals surface area contributed by atoms with E-state index in [1.165, 1.54) is 23.8 Å². The Hall–Kier alpha value is -1.94. The average molecular weight is 274 g/mol. The lowest BCUT2D eigenvalue weighted by Crippen LogP contribution is -2.20. The number of aromatic hydroxyl groups is 1. The highest BCUT2D eigenvalue weighted by atomic mass is 19.1. The third kappa shape index (κ3) is 3.33. The lowest BCUT2D eigenvalue weighted by atomic mass is 10.1. The molecule has 0 radical (unpaired) electrons. The van der Waals surface area contributed by atoms with Gasteiger partial charge in [-0.15, -0.1) is 0 Å². The normalized spacial score (nSPS) is 12.3. The Morgan fingerprint density at radius 3 is 2.90 bits per heavy atom. The van der Waals surface area contributed by atoms with E-state index >= 15 is 0 Å². The Kier molecular flexibility index (Phi) is 4.69. The Morgan fingerprint density at radius 2 is 2.15 bits per heavy atom. The molecule has 1 aromatic heterocycles. The number of nitrogens with zero attached hydrogens (tertiary/aromatic N) is 1. The summed E-state index contributed by atoms with van der Waals surface area (Å²) in [7, 11) is 0. The molecule has 0 aliphatic rings. The predicted molar refractivity (Wildman–Crippen MR) is 76.9 cm³/mol. The van der Waals surface area contributed by atoms with Crippen LogP contribution in [0.3, 0.4) is 0 Å². The van der Waals surface area contributed by atoms with Gasteiger partial charge in [-0.25, -0.2) is 4.39 Å². The number of benzene rings is 1. The van der Waals surface area contributed by atoms with Crippen molar-refractivity contribution < 1.29 is 9.50 Å². The van der Waals surface area contributed by atoms with Crippen LogP contribution in [0.25, 0.3) is 0 Å². The van der Waals surface area contributed by atoms with Gasteiger partial charge >= 0.3 is 0 Å². The Labute approximate surface area is 118 Å². The maximum absolute atomic E-state index is 13.2. The molecule has 0 aliphatic carbocycles. The van der Waals surface area contributed by atoms with Crippen molar-refractivity contribution in [2.24, 2.45) is 0 Å². The number of halogens is 1. The van der Waals surface area contributed by atoms with Crippen LogP contribution >= 0.6 is 0 Å². The zero-order chi connectivity index (χ0) is 14.5. The number of aromatic nitrogens is 1. The molecule has 0 fully saturated rings. The molecule has 106 valence electrons. The molecule has 1 heterocycles. The van der Waals surface area contributed by atoms with E-state index in [1.807, 2.05) is 19.1 Å². The third-order valence-corrected chi connectivity index (χ3v) is 3.40. The molecule has 0 amide bonds. The minimum atomic E-state index is -0.349. The van der Waals surface area contributed by atoms with Crippen molar-refractivity contribution in [1.82, 2.24) is 10.3 Å². The summed E-state index contributed by atoms with van der Waals surface area (Å²) in [6.45, 7) is 4.56. The number of aryl methyl sites for hydroxylation is 1. The van der Waals surface area contributed by atoms with E-state index in [4.69, 9.17) is 0 Å². The zero-order valence-electron chi connectivity index (χ0n) is 11.7. The van der Waals surface area contributed by atoms with Crippen LogP contribution in [0.2, 0.25) is 0 Å². The van der Waals surface area contributed by atoms with E-state index in [-0.39, 0.29) is 17.6 Å². The molecular formula is C16H19FN2O. The summed E-state index contributed by atoms with van der Waals surface area (Å²) in [6.07, 6.45) is 2.69. The van der Waals surface area contributed by atoms with Gasteiger partial charge in [0.25, 0.3) is 0 Å². The van der Waals surface area contributed by atoms with Crippen molar-refractivity contribution in [3.05, 3.63) is 59.2 Å². The van der Waals surface area contributed by atoms with Gasteiger partial charge in [0.1, 0.15) is 11.6 Å². The van der Waals surface area contributed by atoms with Crippen LogP contribution in [-0.4, -0.2) is 10.1 Å². The Morgan fingerprint density at radius 1 is 1.35 bits per heavy atom. The van der Waals surface area contributed by atoms with Crippen LogP contribution < -0.4 is 5.32 Å². The van der Waals surface area contributed by atoms with Crippen LogP contribution in [0.5, 0.6) is 5.75 Å². The van der Waals surface area contributed by atoms with Crippen LogP contribution in [0, 0.1) is 5.82 Å². The number of hydrogen-bond acceptors (Lipinski definition) is 3. The first-order valence-corrected chi connectivity index (χ1v) is 6.76. The highest BCUT2D eigenvalue weighted by Gasteiger charge is 2.12. The Balaban J connectivity index is 2.08. The lowest BCUT2D eigenvalue weighted by Gasteiger charge is -2.16.